The molecular weight excluding hydrogens is 304 g/mol. The van der Waals surface area contributed by atoms with E-state index in [0.29, 0.717) is 18.0 Å². The molecule has 1 aromatic carbocycles. The van der Waals surface area contributed by atoms with E-state index in [1.54, 1.807) is 6.33 Å². The van der Waals surface area contributed by atoms with Gasteiger partial charge >= 0.3 is 0 Å². The minimum atomic E-state index is -0.204. The monoisotopic (exact) mass is 314 g/mol. The number of hydrogen-bond donors (Lipinski definition) is 2. The molecule has 0 radical (unpaired) electrons. The highest BCUT2D eigenvalue weighted by molar-refractivity contribution is 6.06. The van der Waals surface area contributed by atoms with Crippen molar-refractivity contribution in [3.05, 3.63) is 47.0 Å². The van der Waals surface area contributed by atoms with Gasteiger partial charge in [-0.2, -0.15) is 0 Å². The van der Waals surface area contributed by atoms with Crippen LogP contribution in [-0.2, 0) is 11.3 Å². The maximum atomic E-state index is 11.2. The number of halogens is 1. The van der Waals surface area contributed by atoms with Gasteiger partial charge in [-0.3, -0.25) is 4.79 Å². The third kappa shape index (κ3) is 2.42. The minimum absolute atomic E-state index is 0. The second kappa shape index (κ2) is 5.53. The predicted molar refractivity (Wildman–Crippen MR) is 83.0 cm³/mol. The van der Waals surface area contributed by atoms with Crippen molar-refractivity contribution in [1.29, 1.82) is 0 Å². The van der Waals surface area contributed by atoms with Crippen LogP contribution in [0, 0.1) is 0 Å². The number of H-pyrrole nitrogens is 1. The summed E-state index contributed by atoms with van der Waals surface area (Å²) in [5.74, 6) is 0.493. The SMILES string of the molecule is Cl.O=C1C=c2cc(CNc3ncnc4nc[nH]c34)ccc2=N1. The van der Waals surface area contributed by atoms with Gasteiger partial charge in [-0.1, -0.05) is 6.07 Å². The van der Waals surface area contributed by atoms with Crippen LogP contribution >= 0.6 is 12.4 Å². The summed E-state index contributed by atoms with van der Waals surface area (Å²) >= 11 is 0. The lowest BCUT2D eigenvalue weighted by Gasteiger charge is -2.05. The van der Waals surface area contributed by atoms with Crippen LogP contribution in [0.5, 0.6) is 0 Å². The Bertz CT molecular complexity index is 980. The number of fused-ring (bicyclic) bond motifs is 2. The van der Waals surface area contributed by atoms with Crippen molar-refractivity contribution < 1.29 is 4.79 Å². The molecule has 0 saturated heterocycles. The number of aromatic amines is 1. The fourth-order valence-corrected chi connectivity index (χ4v) is 2.30. The Morgan fingerprint density at radius 3 is 3.00 bits per heavy atom. The molecule has 0 atom stereocenters. The Balaban J connectivity index is 0.00000144. The van der Waals surface area contributed by atoms with Crippen LogP contribution in [0.4, 0.5) is 5.82 Å². The van der Waals surface area contributed by atoms with E-state index < -0.39 is 0 Å². The number of imidazole rings is 1. The van der Waals surface area contributed by atoms with E-state index in [1.165, 1.54) is 12.4 Å². The third-order valence-electron chi connectivity index (χ3n) is 3.28. The summed E-state index contributed by atoms with van der Waals surface area (Å²) in [4.78, 5) is 30.5. The average molecular weight is 315 g/mol. The number of aromatic nitrogens is 4. The zero-order valence-electron chi connectivity index (χ0n) is 11.3. The Hall–Kier alpha value is -2.80. The number of hydrogen-bond acceptors (Lipinski definition) is 5. The zero-order valence-corrected chi connectivity index (χ0v) is 12.1. The first kappa shape index (κ1) is 14.2. The number of amides is 1. The summed E-state index contributed by atoms with van der Waals surface area (Å²) in [7, 11) is 0. The van der Waals surface area contributed by atoms with Gasteiger partial charge in [0, 0.05) is 17.8 Å². The van der Waals surface area contributed by atoms with E-state index in [0.717, 1.165) is 21.7 Å². The molecule has 3 aromatic rings. The van der Waals surface area contributed by atoms with Gasteiger partial charge < -0.3 is 10.3 Å². The van der Waals surface area contributed by atoms with Crippen LogP contribution in [-0.4, -0.2) is 25.8 Å². The Labute approximate surface area is 130 Å². The summed E-state index contributed by atoms with van der Waals surface area (Å²) in [6.07, 6.45) is 4.60. The molecule has 1 aliphatic heterocycles. The molecule has 3 heterocycles. The molecule has 0 aliphatic carbocycles. The number of rotatable bonds is 3. The Morgan fingerprint density at radius 1 is 1.18 bits per heavy atom. The molecular formula is C14H11ClN6O. The number of nitrogens with one attached hydrogen (secondary N) is 2. The highest BCUT2D eigenvalue weighted by Gasteiger charge is 2.06. The highest BCUT2D eigenvalue weighted by Crippen LogP contribution is 2.14. The normalized spacial score (nSPS) is 12.3. The van der Waals surface area contributed by atoms with Crippen molar-refractivity contribution >= 4 is 41.4 Å². The summed E-state index contributed by atoms with van der Waals surface area (Å²) < 4.78 is 0. The van der Waals surface area contributed by atoms with Crippen LogP contribution in [0.15, 0.2) is 35.8 Å². The van der Waals surface area contributed by atoms with E-state index >= 15 is 0 Å². The van der Waals surface area contributed by atoms with Crippen molar-refractivity contribution in [2.45, 2.75) is 6.54 Å². The van der Waals surface area contributed by atoms with E-state index in [9.17, 15) is 4.79 Å². The van der Waals surface area contributed by atoms with Crippen LogP contribution in [0.2, 0.25) is 0 Å². The van der Waals surface area contributed by atoms with Crippen molar-refractivity contribution in [1.82, 2.24) is 19.9 Å². The molecule has 8 heteroatoms. The molecule has 4 rings (SSSR count). The van der Waals surface area contributed by atoms with Crippen molar-refractivity contribution in [3.8, 4) is 0 Å². The summed E-state index contributed by atoms with van der Waals surface area (Å²) in [5, 5.41) is 4.82. The largest absolute Gasteiger partial charge is 0.364 e. The molecule has 0 fully saturated rings. The maximum absolute atomic E-state index is 11.2. The Morgan fingerprint density at radius 2 is 2.09 bits per heavy atom. The first-order valence-electron chi connectivity index (χ1n) is 6.41. The van der Waals surface area contributed by atoms with E-state index in [4.69, 9.17) is 0 Å². The molecule has 1 aliphatic rings. The van der Waals surface area contributed by atoms with Gasteiger partial charge in [0.2, 0.25) is 0 Å². The van der Waals surface area contributed by atoms with Crippen molar-refractivity contribution in [2.75, 3.05) is 5.32 Å². The fraction of sp³-hybridized carbons (Fsp3) is 0.0714. The number of benzene rings is 1. The quantitative estimate of drug-likeness (QED) is 0.726. The molecule has 110 valence electrons. The number of carbonyl (C=O) groups excluding carboxylic acids is 1. The lowest BCUT2D eigenvalue weighted by atomic mass is 10.2. The molecule has 22 heavy (non-hydrogen) atoms. The predicted octanol–water partition coefficient (Wildman–Crippen LogP) is 0.327. The fourth-order valence-electron chi connectivity index (χ4n) is 2.30. The lowest BCUT2D eigenvalue weighted by Crippen LogP contribution is -2.22. The van der Waals surface area contributed by atoms with Crippen LogP contribution in [0.1, 0.15) is 5.56 Å². The molecule has 2 N–H and O–H groups in total. The van der Waals surface area contributed by atoms with Gasteiger partial charge in [-0.25, -0.2) is 19.9 Å². The molecule has 0 saturated carbocycles. The molecule has 2 aromatic heterocycles. The van der Waals surface area contributed by atoms with Gasteiger partial charge in [-0.05, 0) is 17.7 Å². The van der Waals surface area contributed by atoms with Crippen LogP contribution < -0.4 is 15.9 Å². The average Bonchev–Trinajstić information content (AvgIpc) is 3.09. The zero-order chi connectivity index (χ0) is 14.2. The van der Waals surface area contributed by atoms with Gasteiger partial charge in [0.15, 0.2) is 11.5 Å². The molecule has 1 amide bonds. The minimum Gasteiger partial charge on any atom is -0.364 e. The topological polar surface area (TPSA) is 95.9 Å². The van der Waals surface area contributed by atoms with E-state index in [1.807, 2.05) is 18.2 Å². The molecule has 0 spiro atoms. The smallest absolute Gasteiger partial charge is 0.270 e. The lowest BCUT2D eigenvalue weighted by molar-refractivity contribution is -0.112. The first-order chi connectivity index (χ1) is 10.3. The molecule has 0 unspecified atom stereocenters. The van der Waals surface area contributed by atoms with Crippen molar-refractivity contribution in [2.24, 2.45) is 4.99 Å². The molecule has 0 bridgehead atoms. The standard InChI is InChI=1S/C14H10N6O.ClH/c21-11-4-9-3-8(1-2-10(9)20-11)5-15-13-12-14(17-6-16-12)19-7-18-13;/h1-4,6-7H,5H2,(H2,15,16,17,18,19);1H. The number of anilines is 1. The third-order valence-corrected chi connectivity index (χ3v) is 3.28. The van der Waals surface area contributed by atoms with Crippen LogP contribution in [0.25, 0.3) is 17.2 Å². The van der Waals surface area contributed by atoms with E-state index in [-0.39, 0.29) is 18.3 Å². The summed E-state index contributed by atoms with van der Waals surface area (Å²) in [6.45, 7) is 0.584. The number of carbonyl (C=O) groups is 1. The maximum Gasteiger partial charge on any atom is 0.270 e. The number of nitrogens with zero attached hydrogens (tertiary/aromatic N) is 4. The Kier molecular flexibility index (Phi) is 3.56. The second-order valence-corrected chi connectivity index (χ2v) is 4.66. The van der Waals surface area contributed by atoms with Crippen LogP contribution in [0.3, 0.4) is 0 Å². The summed E-state index contributed by atoms with van der Waals surface area (Å²) in [6, 6.07) is 5.73. The van der Waals surface area contributed by atoms with Gasteiger partial charge in [0.1, 0.15) is 11.8 Å². The first-order valence-corrected chi connectivity index (χ1v) is 6.41. The second-order valence-electron chi connectivity index (χ2n) is 4.66. The van der Waals surface area contributed by atoms with Gasteiger partial charge in [0.05, 0.1) is 11.7 Å². The highest BCUT2D eigenvalue weighted by atomic mass is 35.5. The molecule has 7 nitrogen and oxygen atoms in total. The van der Waals surface area contributed by atoms with Gasteiger partial charge in [-0.15, -0.1) is 12.4 Å². The van der Waals surface area contributed by atoms with Gasteiger partial charge in [0.25, 0.3) is 5.91 Å². The van der Waals surface area contributed by atoms with E-state index in [2.05, 4.69) is 30.2 Å². The summed E-state index contributed by atoms with van der Waals surface area (Å²) in [5.41, 5.74) is 2.44. The van der Waals surface area contributed by atoms with Crippen molar-refractivity contribution in [3.63, 3.8) is 0 Å².